The van der Waals surface area contributed by atoms with Crippen LogP contribution in [-0.4, -0.2) is 28.0 Å². The molecule has 4 nitrogen and oxygen atoms in total. The van der Waals surface area contributed by atoms with Crippen molar-refractivity contribution in [1.82, 2.24) is 14.8 Å². The number of aryl methyl sites for hydroxylation is 1. The van der Waals surface area contributed by atoms with Crippen LogP contribution in [-0.2, 0) is 11.3 Å². The Morgan fingerprint density at radius 1 is 1.25 bits per heavy atom. The summed E-state index contributed by atoms with van der Waals surface area (Å²) < 4.78 is 7.51. The van der Waals surface area contributed by atoms with E-state index in [0.29, 0.717) is 11.8 Å². The summed E-state index contributed by atoms with van der Waals surface area (Å²) in [6.07, 6.45) is 4.66. The van der Waals surface area contributed by atoms with Crippen LogP contribution in [0.4, 0.5) is 0 Å². The topological polar surface area (TPSA) is 39.9 Å². The number of nitrogens with zero attached hydrogens (tertiary/aromatic N) is 3. The van der Waals surface area contributed by atoms with Gasteiger partial charge in [0.25, 0.3) is 0 Å². The molecular formula is C12H19N3O. The minimum Gasteiger partial charge on any atom is -0.381 e. The normalized spacial score (nSPS) is 26.7. The molecule has 1 aromatic heterocycles. The van der Waals surface area contributed by atoms with E-state index >= 15 is 0 Å². The van der Waals surface area contributed by atoms with Crippen LogP contribution in [0, 0.1) is 0 Å². The number of rotatable bonds is 1. The first-order valence-electron chi connectivity index (χ1n) is 6.37. The molecule has 0 saturated carbocycles. The van der Waals surface area contributed by atoms with Crippen LogP contribution >= 0.6 is 0 Å². The molecule has 2 aliphatic heterocycles. The molecule has 0 aliphatic carbocycles. The molecule has 1 saturated heterocycles. The van der Waals surface area contributed by atoms with Crippen molar-refractivity contribution in [3.63, 3.8) is 0 Å². The predicted octanol–water partition coefficient (Wildman–Crippen LogP) is 2.07. The highest BCUT2D eigenvalue weighted by Gasteiger charge is 2.25. The highest BCUT2D eigenvalue weighted by atomic mass is 16.5. The Labute approximate surface area is 96.0 Å². The van der Waals surface area contributed by atoms with Gasteiger partial charge in [-0.05, 0) is 25.7 Å². The van der Waals surface area contributed by atoms with Crippen LogP contribution in [0.2, 0.25) is 0 Å². The molecule has 1 aromatic rings. The van der Waals surface area contributed by atoms with Crippen molar-refractivity contribution in [1.29, 1.82) is 0 Å². The molecule has 0 spiro atoms. The van der Waals surface area contributed by atoms with E-state index in [4.69, 9.17) is 9.72 Å². The molecule has 1 atom stereocenters. The molecule has 0 radical (unpaired) electrons. The van der Waals surface area contributed by atoms with Gasteiger partial charge in [-0.1, -0.05) is 6.92 Å². The third-order valence-electron chi connectivity index (χ3n) is 3.75. The molecule has 16 heavy (non-hydrogen) atoms. The van der Waals surface area contributed by atoms with Gasteiger partial charge in [-0.3, -0.25) is 0 Å². The largest absolute Gasteiger partial charge is 0.381 e. The Morgan fingerprint density at radius 3 is 2.81 bits per heavy atom. The SMILES string of the molecule is CC1CCCn2nc(C3CCOCC3)nc21. The lowest BCUT2D eigenvalue weighted by Gasteiger charge is -2.18. The number of hydrogen-bond donors (Lipinski definition) is 0. The second-order valence-corrected chi connectivity index (χ2v) is 4.98. The first kappa shape index (κ1) is 10.3. The summed E-state index contributed by atoms with van der Waals surface area (Å²) in [4.78, 5) is 4.75. The van der Waals surface area contributed by atoms with Gasteiger partial charge in [0, 0.05) is 31.6 Å². The van der Waals surface area contributed by atoms with Gasteiger partial charge in [0.15, 0.2) is 5.82 Å². The first-order valence-corrected chi connectivity index (χ1v) is 6.37. The molecule has 1 unspecified atom stereocenters. The monoisotopic (exact) mass is 221 g/mol. The molecule has 1 fully saturated rings. The van der Waals surface area contributed by atoms with E-state index in [-0.39, 0.29) is 0 Å². The first-order chi connectivity index (χ1) is 7.84. The highest BCUT2D eigenvalue weighted by molar-refractivity contribution is 5.05. The summed E-state index contributed by atoms with van der Waals surface area (Å²) in [7, 11) is 0. The van der Waals surface area contributed by atoms with E-state index < -0.39 is 0 Å². The van der Waals surface area contributed by atoms with E-state index in [0.717, 1.165) is 38.4 Å². The molecule has 3 rings (SSSR count). The van der Waals surface area contributed by atoms with E-state index in [1.165, 1.54) is 18.7 Å². The highest BCUT2D eigenvalue weighted by Crippen LogP contribution is 2.29. The summed E-state index contributed by atoms with van der Waals surface area (Å²) in [6, 6.07) is 0. The minimum atomic E-state index is 0.527. The molecule has 0 aromatic carbocycles. The van der Waals surface area contributed by atoms with Gasteiger partial charge in [0.1, 0.15) is 5.82 Å². The third kappa shape index (κ3) is 1.75. The zero-order valence-corrected chi connectivity index (χ0v) is 9.85. The lowest BCUT2D eigenvalue weighted by molar-refractivity contribution is 0.0835. The second-order valence-electron chi connectivity index (χ2n) is 4.98. The van der Waals surface area contributed by atoms with Crippen molar-refractivity contribution in [2.45, 2.75) is 51.0 Å². The summed E-state index contributed by atoms with van der Waals surface area (Å²) >= 11 is 0. The Kier molecular flexibility index (Phi) is 2.67. The molecule has 0 bridgehead atoms. The zero-order chi connectivity index (χ0) is 11.0. The lowest BCUT2D eigenvalue weighted by Crippen LogP contribution is -2.16. The Hall–Kier alpha value is -0.900. The van der Waals surface area contributed by atoms with Gasteiger partial charge in [-0.15, -0.1) is 0 Å². The average molecular weight is 221 g/mol. The van der Waals surface area contributed by atoms with Crippen molar-refractivity contribution < 1.29 is 4.74 Å². The molecule has 0 N–H and O–H groups in total. The maximum absolute atomic E-state index is 5.38. The van der Waals surface area contributed by atoms with E-state index in [1.54, 1.807) is 0 Å². The van der Waals surface area contributed by atoms with Gasteiger partial charge in [0.2, 0.25) is 0 Å². The van der Waals surface area contributed by atoms with Crippen LogP contribution in [0.1, 0.15) is 56.1 Å². The van der Waals surface area contributed by atoms with Gasteiger partial charge in [-0.2, -0.15) is 5.10 Å². The van der Waals surface area contributed by atoms with E-state index in [1.807, 2.05) is 0 Å². The quantitative estimate of drug-likeness (QED) is 0.729. The van der Waals surface area contributed by atoms with Crippen molar-refractivity contribution in [2.75, 3.05) is 13.2 Å². The maximum atomic E-state index is 5.38. The Bertz CT molecular complexity index is 368. The fraction of sp³-hybridized carbons (Fsp3) is 0.833. The fourth-order valence-electron chi connectivity index (χ4n) is 2.71. The molecule has 3 heterocycles. The average Bonchev–Trinajstić information content (AvgIpc) is 2.76. The molecular weight excluding hydrogens is 202 g/mol. The summed E-state index contributed by atoms with van der Waals surface area (Å²) in [6.45, 7) is 5.04. The Morgan fingerprint density at radius 2 is 2.06 bits per heavy atom. The second kappa shape index (κ2) is 4.17. The zero-order valence-electron chi connectivity index (χ0n) is 9.85. The number of hydrogen-bond acceptors (Lipinski definition) is 3. The van der Waals surface area contributed by atoms with Crippen molar-refractivity contribution in [3.05, 3.63) is 11.6 Å². The van der Waals surface area contributed by atoms with Crippen LogP contribution in [0.5, 0.6) is 0 Å². The third-order valence-corrected chi connectivity index (χ3v) is 3.75. The van der Waals surface area contributed by atoms with E-state index in [2.05, 4.69) is 16.7 Å². The van der Waals surface area contributed by atoms with Gasteiger partial charge in [-0.25, -0.2) is 9.67 Å². The summed E-state index contributed by atoms with van der Waals surface area (Å²) in [5.41, 5.74) is 0. The molecule has 2 aliphatic rings. The standard InChI is InChI=1S/C12H19N3O/c1-9-3-2-6-15-12(9)13-11(14-15)10-4-7-16-8-5-10/h9-10H,2-8H2,1H3. The van der Waals surface area contributed by atoms with Crippen LogP contribution < -0.4 is 0 Å². The van der Waals surface area contributed by atoms with Crippen LogP contribution in [0.3, 0.4) is 0 Å². The molecule has 88 valence electrons. The van der Waals surface area contributed by atoms with Crippen molar-refractivity contribution in [2.24, 2.45) is 0 Å². The van der Waals surface area contributed by atoms with Crippen molar-refractivity contribution >= 4 is 0 Å². The maximum Gasteiger partial charge on any atom is 0.154 e. The van der Waals surface area contributed by atoms with Gasteiger partial charge >= 0.3 is 0 Å². The number of ether oxygens (including phenoxy) is 1. The minimum absolute atomic E-state index is 0.527. The molecule has 0 amide bonds. The fourth-order valence-corrected chi connectivity index (χ4v) is 2.71. The number of aromatic nitrogens is 3. The molecule has 4 heteroatoms. The smallest absolute Gasteiger partial charge is 0.154 e. The van der Waals surface area contributed by atoms with Gasteiger partial charge < -0.3 is 4.74 Å². The Balaban J connectivity index is 1.85. The summed E-state index contributed by atoms with van der Waals surface area (Å²) in [5, 5.41) is 4.67. The van der Waals surface area contributed by atoms with Crippen LogP contribution in [0.15, 0.2) is 0 Å². The van der Waals surface area contributed by atoms with E-state index in [9.17, 15) is 0 Å². The van der Waals surface area contributed by atoms with Gasteiger partial charge in [0.05, 0.1) is 0 Å². The number of fused-ring (bicyclic) bond motifs is 1. The predicted molar refractivity (Wildman–Crippen MR) is 60.5 cm³/mol. The van der Waals surface area contributed by atoms with Crippen LogP contribution in [0.25, 0.3) is 0 Å². The van der Waals surface area contributed by atoms with Crippen molar-refractivity contribution in [3.8, 4) is 0 Å². The lowest BCUT2D eigenvalue weighted by atomic mass is 9.99. The summed E-state index contributed by atoms with van der Waals surface area (Å²) in [5.74, 6) is 3.37.